The van der Waals surface area contributed by atoms with Crippen LogP contribution in [0.2, 0.25) is 0 Å². The maximum absolute atomic E-state index is 13.8. The normalized spacial score (nSPS) is 20.6. The summed E-state index contributed by atoms with van der Waals surface area (Å²) in [4.78, 5) is 11.2. The van der Waals surface area contributed by atoms with E-state index in [1.54, 1.807) is 18.2 Å². The Bertz CT molecular complexity index is 1310. The number of carbonyl (C=O) groups is 1. The van der Waals surface area contributed by atoms with E-state index in [2.05, 4.69) is 4.74 Å². The first-order valence-electron chi connectivity index (χ1n) is 12.0. The number of hydrogen-bond donors (Lipinski definition) is 0. The van der Waals surface area contributed by atoms with Crippen molar-refractivity contribution in [1.82, 2.24) is 0 Å². The number of esters is 1. The van der Waals surface area contributed by atoms with E-state index in [1.807, 2.05) is 27.7 Å². The molecule has 206 valence electrons. The first kappa shape index (κ1) is 28.2. The van der Waals surface area contributed by atoms with Crippen LogP contribution in [0.5, 0.6) is 5.75 Å². The van der Waals surface area contributed by atoms with E-state index >= 15 is 0 Å². The Balaban J connectivity index is 1.76. The number of nitrogens with zero attached hydrogens (tertiary/aromatic N) is 1. The quantitative estimate of drug-likeness (QED) is 0.395. The van der Waals surface area contributed by atoms with Gasteiger partial charge in [-0.3, -0.25) is 9.10 Å². The highest BCUT2D eigenvalue weighted by Crippen LogP contribution is 2.40. The van der Waals surface area contributed by atoms with Gasteiger partial charge in [-0.05, 0) is 69.9 Å². The number of alkyl halides is 3. The molecule has 0 unspecified atom stereocenters. The topological polar surface area (TPSA) is 91.4 Å². The lowest BCUT2D eigenvalue weighted by Crippen LogP contribution is -2.45. The third kappa shape index (κ3) is 5.36. The second-order valence-corrected chi connectivity index (χ2v) is 12.1. The number of sulfonamides is 1. The molecule has 0 amide bonds. The molecule has 8 nitrogen and oxygen atoms in total. The Labute approximate surface area is 220 Å². The summed E-state index contributed by atoms with van der Waals surface area (Å²) in [5.41, 5.74) is -1.73. The monoisotopic (exact) mass is 555 g/mol. The maximum atomic E-state index is 13.8. The van der Waals surface area contributed by atoms with E-state index in [0.717, 1.165) is 22.5 Å². The lowest BCUT2D eigenvalue weighted by Gasteiger charge is -2.36. The minimum absolute atomic E-state index is 0.0278. The molecule has 0 bridgehead atoms. The van der Waals surface area contributed by atoms with Gasteiger partial charge >= 0.3 is 19.3 Å². The van der Waals surface area contributed by atoms with Crippen molar-refractivity contribution in [3.05, 3.63) is 48.0 Å². The molecule has 38 heavy (non-hydrogen) atoms. The molecule has 2 aromatic rings. The van der Waals surface area contributed by atoms with Crippen LogP contribution >= 0.6 is 0 Å². The second-order valence-electron chi connectivity index (χ2n) is 10.2. The molecule has 0 aliphatic carbocycles. The van der Waals surface area contributed by atoms with Crippen LogP contribution in [0.15, 0.2) is 47.4 Å². The lowest BCUT2D eigenvalue weighted by molar-refractivity contribution is -0.141. The first-order chi connectivity index (χ1) is 17.5. The number of carbonyl (C=O) groups excluding carboxylic acids is 1. The van der Waals surface area contributed by atoms with E-state index in [-0.39, 0.29) is 30.8 Å². The predicted octanol–water partition coefficient (Wildman–Crippen LogP) is 3.91. The molecule has 4 rings (SSSR count). The van der Waals surface area contributed by atoms with Crippen LogP contribution in [0.25, 0.3) is 0 Å². The standard InChI is InChI=1S/C25H29BF3NO7S/c1-23(2)24(3,4)37-26(36-23)17-9-11-21-20(14-17)30(15-18(35-21)10-12-22(31)34-5)38(32,33)19-8-6-7-16(13-19)25(27,28)29/h6-9,11,13-14,18H,10,12,15H2,1-5H3/t18-/m0/s1. The smallest absolute Gasteiger partial charge is 0.486 e. The third-order valence-corrected chi connectivity index (χ3v) is 8.86. The first-order valence-corrected chi connectivity index (χ1v) is 13.4. The van der Waals surface area contributed by atoms with Crippen LogP contribution < -0.4 is 14.5 Å². The maximum Gasteiger partial charge on any atom is 0.494 e. The summed E-state index contributed by atoms with van der Waals surface area (Å²) in [6, 6.07) is 8.36. The molecule has 2 aliphatic heterocycles. The van der Waals surface area contributed by atoms with E-state index in [4.69, 9.17) is 14.0 Å². The van der Waals surface area contributed by atoms with Crippen LogP contribution in [0.1, 0.15) is 46.1 Å². The largest absolute Gasteiger partial charge is 0.494 e. The number of benzene rings is 2. The van der Waals surface area contributed by atoms with Gasteiger partial charge in [-0.25, -0.2) is 8.42 Å². The zero-order valence-electron chi connectivity index (χ0n) is 21.7. The Kier molecular flexibility index (Phi) is 7.26. The van der Waals surface area contributed by atoms with Crippen molar-refractivity contribution >= 4 is 34.3 Å². The molecule has 1 saturated heterocycles. The fourth-order valence-electron chi connectivity index (χ4n) is 4.17. The minimum atomic E-state index is -4.72. The summed E-state index contributed by atoms with van der Waals surface area (Å²) in [5.74, 6) is -0.301. The van der Waals surface area contributed by atoms with Crippen molar-refractivity contribution in [2.24, 2.45) is 0 Å². The van der Waals surface area contributed by atoms with E-state index in [1.165, 1.54) is 7.11 Å². The second kappa shape index (κ2) is 9.76. The van der Waals surface area contributed by atoms with E-state index < -0.39 is 57.1 Å². The molecule has 2 aromatic carbocycles. The van der Waals surface area contributed by atoms with Crippen molar-refractivity contribution in [3.63, 3.8) is 0 Å². The highest BCUT2D eigenvalue weighted by atomic mass is 32.2. The van der Waals surface area contributed by atoms with E-state index in [9.17, 15) is 26.4 Å². The predicted molar refractivity (Wildman–Crippen MR) is 134 cm³/mol. The molecule has 2 heterocycles. The van der Waals surface area contributed by atoms with Gasteiger partial charge in [0.15, 0.2) is 0 Å². The van der Waals surface area contributed by atoms with Crippen molar-refractivity contribution in [2.45, 2.75) is 68.9 Å². The van der Waals surface area contributed by atoms with Gasteiger partial charge in [-0.2, -0.15) is 13.2 Å². The van der Waals surface area contributed by atoms with Gasteiger partial charge in [0.1, 0.15) is 11.9 Å². The Hall–Kier alpha value is -2.77. The molecule has 0 saturated carbocycles. The van der Waals surface area contributed by atoms with Gasteiger partial charge in [-0.1, -0.05) is 12.1 Å². The zero-order chi connectivity index (χ0) is 28.1. The van der Waals surface area contributed by atoms with Crippen LogP contribution in [0.4, 0.5) is 18.9 Å². The van der Waals surface area contributed by atoms with Crippen LogP contribution in [0.3, 0.4) is 0 Å². The molecule has 0 N–H and O–H groups in total. The van der Waals surface area contributed by atoms with Crippen LogP contribution in [-0.2, 0) is 35.0 Å². The Morgan fingerprint density at radius 3 is 2.37 bits per heavy atom. The fraction of sp³-hybridized carbons (Fsp3) is 0.480. The SMILES string of the molecule is COC(=O)CC[C@H]1CN(S(=O)(=O)c2cccc(C(F)(F)F)c2)c2cc(B3OC(C)(C)C(C)(C)O3)ccc2O1. The molecule has 1 fully saturated rings. The molecule has 0 radical (unpaired) electrons. The van der Waals surface area contributed by atoms with Gasteiger partial charge in [-0.15, -0.1) is 0 Å². The number of rotatable bonds is 6. The van der Waals surface area contributed by atoms with Crippen LogP contribution in [-0.4, -0.2) is 52.5 Å². The molecule has 0 aromatic heterocycles. The summed E-state index contributed by atoms with van der Waals surface area (Å²) in [6.45, 7) is 7.29. The van der Waals surface area contributed by atoms with E-state index in [0.29, 0.717) is 11.5 Å². The van der Waals surface area contributed by atoms with Gasteiger partial charge in [0, 0.05) is 6.42 Å². The third-order valence-electron chi connectivity index (χ3n) is 7.09. The Morgan fingerprint density at radius 2 is 1.76 bits per heavy atom. The number of fused-ring (bicyclic) bond motifs is 1. The lowest BCUT2D eigenvalue weighted by atomic mass is 9.78. The molecular formula is C25H29BF3NO7S. The molecule has 2 aliphatic rings. The van der Waals surface area contributed by atoms with Gasteiger partial charge in [0.05, 0.1) is 41.0 Å². The average molecular weight is 555 g/mol. The van der Waals surface area contributed by atoms with Crippen molar-refractivity contribution in [3.8, 4) is 5.75 Å². The number of methoxy groups -OCH3 is 1. The number of hydrogen-bond acceptors (Lipinski definition) is 7. The summed E-state index contributed by atoms with van der Waals surface area (Å²) in [5, 5.41) is 0. The number of anilines is 1. The average Bonchev–Trinajstić information content (AvgIpc) is 3.07. The summed E-state index contributed by atoms with van der Waals surface area (Å²) in [6.07, 6.45) is -5.36. The van der Waals surface area contributed by atoms with Crippen molar-refractivity contribution in [2.75, 3.05) is 18.0 Å². The van der Waals surface area contributed by atoms with Gasteiger partial charge in [0.2, 0.25) is 0 Å². The zero-order valence-corrected chi connectivity index (χ0v) is 22.5. The summed E-state index contributed by atoms with van der Waals surface area (Å²) < 4.78 is 91.4. The van der Waals surface area contributed by atoms with Crippen LogP contribution in [0, 0.1) is 0 Å². The molecule has 1 atom stereocenters. The molecule has 0 spiro atoms. The summed E-state index contributed by atoms with van der Waals surface area (Å²) >= 11 is 0. The van der Waals surface area contributed by atoms with Gasteiger partial charge < -0.3 is 18.8 Å². The van der Waals surface area contributed by atoms with Crippen molar-refractivity contribution < 1.29 is 45.2 Å². The molecule has 13 heteroatoms. The molecular weight excluding hydrogens is 526 g/mol. The number of halogens is 3. The number of ether oxygens (including phenoxy) is 2. The fourth-order valence-corrected chi connectivity index (χ4v) is 5.72. The summed E-state index contributed by atoms with van der Waals surface area (Å²) in [7, 11) is -4.03. The highest BCUT2D eigenvalue weighted by molar-refractivity contribution is 7.92. The van der Waals surface area contributed by atoms with Gasteiger partial charge in [0.25, 0.3) is 10.0 Å². The Morgan fingerprint density at radius 1 is 1.11 bits per heavy atom. The van der Waals surface area contributed by atoms with Crippen molar-refractivity contribution in [1.29, 1.82) is 0 Å². The minimum Gasteiger partial charge on any atom is -0.486 e. The highest BCUT2D eigenvalue weighted by Gasteiger charge is 2.52.